The number of rotatable bonds is 4. The quantitative estimate of drug-likeness (QED) is 0.494. The van der Waals surface area contributed by atoms with Crippen molar-refractivity contribution in [3.8, 4) is 5.75 Å². The van der Waals surface area contributed by atoms with Gasteiger partial charge in [-0.1, -0.05) is 6.92 Å². The van der Waals surface area contributed by atoms with Crippen LogP contribution in [0, 0.1) is 35.9 Å². The highest BCUT2D eigenvalue weighted by Gasteiger charge is 2.58. The van der Waals surface area contributed by atoms with E-state index in [0.29, 0.717) is 34.6 Å². The van der Waals surface area contributed by atoms with E-state index in [9.17, 15) is 19.1 Å². The summed E-state index contributed by atoms with van der Waals surface area (Å²) < 4.78 is 14.9. The third-order valence-electron chi connectivity index (χ3n) is 8.35. The Morgan fingerprint density at radius 1 is 1.42 bits per heavy atom. The van der Waals surface area contributed by atoms with E-state index < -0.39 is 5.82 Å². The molecule has 5 nitrogen and oxygen atoms in total. The van der Waals surface area contributed by atoms with Crippen molar-refractivity contribution in [3.05, 3.63) is 38.6 Å². The predicted octanol–water partition coefficient (Wildman–Crippen LogP) is 6.13. The first kappa shape index (κ1) is 23.0. The van der Waals surface area contributed by atoms with Gasteiger partial charge in [0.1, 0.15) is 5.78 Å². The molecule has 8 heteroatoms. The number of halogens is 2. The Kier molecular flexibility index (Phi) is 5.88. The van der Waals surface area contributed by atoms with E-state index in [4.69, 9.17) is 0 Å². The Labute approximate surface area is 205 Å². The summed E-state index contributed by atoms with van der Waals surface area (Å²) in [5.74, 6) is 0.162. The Morgan fingerprint density at radius 2 is 2.21 bits per heavy atom. The minimum atomic E-state index is -0.595. The first-order valence-corrected chi connectivity index (χ1v) is 13.2. The zero-order chi connectivity index (χ0) is 23.5. The summed E-state index contributed by atoms with van der Waals surface area (Å²) in [6, 6.07) is 1.50. The highest BCUT2D eigenvalue weighted by atomic mass is 79.9. The fraction of sp³-hybridized carbons (Fsp3) is 0.560. The van der Waals surface area contributed by atoms with Gasteiger partial charge in [0, 0.05) is 29.3 Å². The lowest BCUT2D eigenvalue weighted by Crippen LogP contribution is -2.44. The van der Waals surface area contributed by atoms with Gasteiger partial charge >= 0.3 is 0 Å². The molecule has 2 saturated carbocycles. The number of aryl methyl sites for hydroxylation is 1. The van der Waals surface area contributed by atoms with Crippen LogP contribution in [0.5, 0.6) is 5.75 Å². The lowest BCUT2D eigenvalue weighted by atomic mass is 9.54. The van der Waals surface area contributed by atoms with Gasteiger partial charge in [0.2, 0.25) is 5.91 Å². The van der Waals surface area contributed by atoms with Crippen molar-refractivity contribution >= 4 is 44.1 Å². The number of aromatic hydroxyl groups is 1. The Balaban J connectivity index is 1.37. The van der Waals surface area contributed by atoms with Crippen molar-refractivity contribution in [2.45, 2.75) is 64.7 Å². The molecule has 2 aromatic rings. The van der Waals surface area contributed by atoms with Gasteiger partial charge in [0.25, 0.3) is 0 Å². The van der Waals surface area contributed by atoms with Crippen LogP contribution in [0.4, 0.5) is 9.52 Å². The summed E-state index contributed by atoms with van der Waals surface area (Å²) >= 11 is 4.85. The number of aromatic nitrogens is 1. The number of nitrogens with one attached hydrogen (secondary N) is 1. The molecule has 1 amide bonds. The molecule has 176 valence electrons. The van der Waals surface area contributed by atoms with Crippen LogP contribution in [0.1, 0.15) is 67.4 Å². The van der Waals surface area contributed by atoms with Gasteiger partial charge in [-0.2, -0.15) is 0 Å². The van der Waals surface area contributed by atoms with Gasteiger partial charge in [-0.05, 0) is 95.8 Å². The van der Waals surface area contributed by atoms with Crippen LogP contribution >= 0.6 is 27.3 Å². The Morgan fingerprint density at radius 3 is 2.94 bits per heavy atom. The molecule has 5 unspecified atom stereocenters. The fourth-order valence-corrected chi connectivity index (χ4v) is 8.17. The number of phenols is 1. The molecule has 0 saturated heterocycles. The monoisotopic (exact) mass is 534 g/mol. The molecule has 2 N–H and O–H groups in total. The lowest BCUT2D eigenvalue weighted by molar-refractivity contribution is -0.129. The number of Topliss-reactive ketones (excluding diaryl/α,β-unsaturated/α-hetero) is 1. The van der Waals surface area contributed by atoms with E-state index in [1.807, 2.05) is 6.92 Å². The summed E-state index contributed by atoms with van der Waals surface area (Å²) in [5.41, 5.74) is 1.61. The van der Waals surface area contributed by atoms with Crippen LogP contribution < -0.4 is 5.32 Å². The minimum Gasteiger partial charge on any atom is -0.504 e. The maximum Gasteiger partial charge on any atom is 0.226 e. The second-order valence-corrected chi connectivity index (χ2v) is 12.2. The van der Waals surface area contributed by atoms with E-state index in [0.717, 1.165) is 41.7 Å². The topological polar surface area (TPSA) is 79.3 Å². The van der Waals surface area contributed by atoms with Gasteiger partial charge in [-0.15, -0.1) is 11.3 Å². The lowest BCUT2D eigenvalue weighted by Gasteiger charge is -2.50. The molecule has 0 aliphatic heterocycles. The highest BCUT2D eigenvalue weighted by Crippen LogP contribution is 2.62. The van der Waals surface area contributed by atoms with E-state index in [1.54, 1.807) is 6.20 Å². The van der Waals surface area contributed by atoms with Crippen LogP contribution in [0.2, 0.25) is 0 Å². The van der Waals surface area contributed by atoms with E-state index in [2.05, 4.69) is 33.2 Å². The number of phenolic OH excluding ortho intramolecular Hbond substituents is 1. The van der Waals surface area contributed by atoms with Crippen molar-refractivity contribution in [3.63, 3.8) is 0 Å². The Hall–Kier alpha value is -1.80. The van der Waals surface area contributed by atoms with Crippen LogP contribution in [-0.2, 0) is 16.0 Å². The van der Waals surface area contributed by atoms with E-state index in [-0.39, 0.29) is 40.7 Å². The third kappa shape index (κ3) is 3.83. The first-order chi connectivity index (χ1) is 15.7. The highest BCUT2D eigenvalue weighted by molar-refractivity contribution is 9.10. The van der Waals surface area contributed by atoms with Gasteiger partial charge in [0.05, 0.1) is 4.47 Å². The number of carbonyl (C=O) groups is 2. The van der Waals surface area contributed by atoms with Crippen molar-refractivity contribution in [1.29, 1.82) is 0 Å². The number of ketones is 1. The number of hydrogen-bond donors (Lipinski definition) is 2. The molecule has 5 rings (SSSR count). The molecule has 1 aromatic carbocycles. The summed E-state index contributed by atoms with van der Waals surface area (Å²) in [6.07, 6.45) is 6.61. The van der Waals surface area contributed by atoms with Gasteiger partial charge in [0.15, 0.2) is 16.7 Å². The van der Waals surface area contributed by atoms with Crippen LogP contribution in [0.3, 0.4) is 0 Å². The smallest absolute Gasteiger partial charge is 0.226 e. The molecule has 33 heavy (non-hydrogen) atoms. The number of thiazole rings is 1. The summed E-state index contributed by atoms with van der Waals surface area (Å²) in [6.45, 7) is 4.06. The second-order valence-electron chi connectivity index (χ2n) is 10.1. The molecule has 0 radical (unpaired) electrons. The molecule has 0 bridgehead atoms. The van der Waals surface area contributed by atoms with Crippen molar-refractivity contribution in [1.82, 2.24) is 4.98 Å². The van der Waals surface area contributed by atoms with Gasteiger partial charge in [-0.25, -0.2) is 9.37 Å². The van der Waals surface area contributed by atoms with Crippen molar-refractivity contribution in [2.75, 3.05) is 5.32 Å². The minimum absolute atomic E-state index is 0.0618. The number of fused-ring (bicyclic) bond motifs is 5. The number of benzene rings is 1. The maximum atomic E-state index is 14.4. The molecule has 5 atom stereocenters. The van der Waals surface area contributed by atoms with Crippen LogP contribution in [0.15, 0.2) is 16.7 Å². The average molecular weight is 535 g/mol. The molecule has 3 aliphatic carbocycles. The van der Waals surface area contributed by atoms with E-state index in [1.165, 1.54) is 17.4 Å². The SMILES string of the molecule is Cc1cnc(NC(=O)CCC2CC(=O)C3(C)CCC4c5cc(F)c(O)c(Br)c5CCC4C23)s1. The summed E-state index contributed by atoms with van der Waals surface area (Å²) in [5, 5.41) is 13.5. The summed E-state index contributed by atoms with van der Waals surface area (Å²) in [7, 11) is 0. The zero-order valence-corrected chi connectivity index (χ0v) is 21.2. The van der Waals surface area contributed by atoms with Gasteiger partial charge < -0.3 is 10.4 Å². The fourth-order valence-electron chi connectivity index (χ4n) is 6.87. The predicted molar refractivity (Wildman–Crippen MR) is 129 cm³/mol. The number of amides is 1. The Bertz CT molecular complexity index is 1140. The van der Waals surface area contributed by atoms with Gasteiger partial charge in [-0.3, -0.25) is 9.59 Å². The standard InChI is InChI=1S/C25H28BrFN2O3S/c1-12-11-28-24(33-12)29-20(31)6-3-13-9-19(30)25(2)8-7-14-15(21(13)25)4-5-16-17(14)10-18(27)23(32)22(16)26/h10-11,13-15,21,32H,3-9H2,1-2H3,(H,28,29,31). The number of anilines is 1. The normalized spacial score (nSPS) is 30.5. The molecular formula is C25H28BrFN2O3S. The number of nitrogens with zero attached hydrogens (tertiary/aromatic N) is 1. The van der Waals surface area contributed by atoms with Crippen LogP contribution in [-0.4, -0.2) is 21.8 Å². The van der Waals surface area contributed by atoms with Crippen LogP contribution in [0.25, 0.3) is 0 Å². The largest absolute Gasteiger partial charge is 0.504 e. The third-order valence-corrected chi connectivity index (χ3v) is 10.0. The molecule has 0 spiro atoms. The molecular weight excluding hydrogens is 507 g/mol. The maximum absolute atomic E-state index is 14.4. The number of carbonyl (C=O) groups excluding carboxylic acids is 2. The molecule has 1 aromatic heterocycles. The average Bonchev–Trinajstić information content (AvgIpc) is 3.30. The number of hydrogen-bond acceptors (Lipinski definition) is 5. The van der Waals surface area contributed by atoms with Crippen molar-refractivity contribution in [2.24, 2.45) is 23.2 Å². The molecule has 3 aliphatic rings. The molecule has 2 fully saturated rings. The zero-order valence-electron chi connectivity index (χ0n) is 18.8. The van der Waals surface area contributed by atoms with Crippen molar-refractivity contribution < 1.29 is 19.1 Å². The molecule has 1 heterocycles. The first-order valence-electron chi connectivity index (χ1n) is 11.6. The van der Waals surface area contributed by atoms with E-state index >= 15 is 0 Å². The summed E-state index contributed by atoms with van der Waals surface area (Å²) in [4.78, 5) is 30.9. The second kappa shape index (κ2) is 8.45.